The SMILES string of the molecule is NC1=NC(c2ncc(Cl)s2)CO1. The molecule has 2 heterocycles. The summed E-state index contributed by atoms with van der Waals surface area (Å²) in [6.07, 6.45) is 1.60. The van der Waals surface area contributed by atoms with E-state index in [-0.39, 0.29) is 12.1 Å². The summed E-state index contributed by atoms with van der Waals surface area (Å²) in [6.45, 7) is 0.468. The lowest BCUT2D eigenvalue weighted by atomic mass is 10.4. The van der Waals surface area contributed by atoms with Gasteiger partial charge in [-0.25, -0.2) is 9.98 Å². The standard InChI is InChI=1S/C6H6ClN3OS/c7-4-1-9-5(12-4)3-2-11-6(8)10-3/h1,3H,2H2,(H2,8,10). The van der Waals surface area contributed by atoms with Crippen molar-refractivity contribution in [1.82, 2.24) is 4.98 Å². The number of ether oxygens (including phenoxy) is 1. The molecule has 0 radical (unpaired) electrons. The number of amidine groups is 1. The van der Waals surface area contributed by atoms with E-state index in [1.165, 1.54) is 11.3 Å². The molecular formula is C6H6ClN3OS. The zero-order valence-corrected chi connectivity index (χ0v) is 7.60. The van der Waals surface area contributed by atoms with Crippen molar-refractivity contribution in [3.63, 3.8) is 0 Å². The van der Waals surface area contributed by atoms with Crippen LogP contribution in [0.1, 0.15) is 11.0 Å². The summed E-state index contributed by atoms with van der Waals surface area (Å²) in [5.74, 6) is 0. The Labute approximate surface area is 78.0 Å². The van der Waals surface area contributed by atoms with Gasteiger partial charge in [0, 0.05) is 0 Å². The first-order chi connectivity index (χ1) is 5.75. The van der Waals surface area contributed by atoms with Crippen molar-refractivity contribution in [3.8, 4) is 0 Å². The van der Waals surface area contributed by atoms with Crippen LogP contribution < -0.4 is 5.73 Å². The van der Waals surface area contributed by atoms with Gasteiger partial charge in [0.15, 0.2) is 0 Å². The molecule has 2 N–H and O–H groups in total. The quantitative estimate of drug-likeness (QED) is 0.746. The number of hydrogen-bond acceptors (Lipinski definition) is 5. The van der Waals surface area contributed by atoms with Crippen molar-refractivity contribution in [1.29, 1.82) is 0 Å². The Kier molecular flexibility index (Phi) is 1.90. The predicted molar refractivity (Wildman–Crippen MR) is 47.4 cm³/mol. The molecule has 0 saturated heterocycles. The third kappa shape index (κ3) is 1.37. The second-order valence-corrected chi connectivity index (χ2v) is 3.99. The first kappa shape index (κ1) is 7.82. The van der Waals surface area contributed by atoms with Crippen molar-refractivity contribution in [2.24, 2.45) is 10.7 Å². The highest BCUT2D eigenvalue weighted by Gasteiger charge is 2.21. The van der Waals surface area contributed by atoms with Crippen LogP contribution in [-0.2, 0) is 4.74 Å². The van der Waals surface area contributed by atoms with Gasteiger partial charge in [-0.15, -0.1) is 11.3 Å². The van der Waals surface area contributed by atoms with Crippen LogP contribution >= 0.6 is 22.9 Å². The molecule has 2 rings (SSSR count). The maximum atomic E-state index is 5.71. The molecule has 1 atom stereocenters. The maximum Gasteiger partial charge on any atom is 0.282 e. The van der Waals surface area contributed by atoms with E-state index in [0.29, 0.717) is 10.9 Å². The molecule has 0 aliphatic carbocycles. The Morgan fingerprint density at radius 1 is 1.75 bits per heavy atom. The lowest BCUT2D eigenvalue weighted by Crippen LogP contribution is -2.10. The fourth-order valence-electron chi connectivity index (χ4n) is 0.940. The number of nitrogens with zero attached hydrogens (tertiary/aromatic N) is 2. The molecule has 1 aliphatic heterocycles. The lowest BCUT2D eigenvalue weighted by Gasteiger charge is -1.97. The molecule has 0 saturated carbocycles. The van der Waals surface area contributed by atoms with E-state index < -0.39 is 0 Å². The largest absolute Gasteiger partial charge is 0.463 e. The fraction of sp³-hybridized carbons (Fsp3) is 0.333. The van der Waals surface area contributed by atoms with Crippen LogP contribution in [-0.4, -0.2) is 17.6 Å². The molecule has 0 amide bonds. The van der Waals surface area contributed by atoms with E-state index in [1.807, 2.05) is 0 Å². The molecule has 0 bridgehead atoms. The van der Waals surface area contributed by atoms with Crippen LogP contribution in [0.3, 0.4) is 0 Å². The Bertz CT molecular complexity index is 324. The molecule has 1 unspecified atom stereocenters. The number of thiazole rings is 1. The zero-order chi connectivity index (χ0) is 8.55. The third-order valence-electron chi connectivity index (χ3n) is 1.45. The molecule has 1 aromatic rings. The van der Waals surface area contributed by atoms with Crippen molar-refractivity contribution in [2.45, 2.75) is 6.04 Å². The Balaban J connectivity index is 2.21. The minimum Gasteiger partial charge on any atom is -0.463 e. The van der Waals surface area contributed by atoms with Crippen LogP contribution in [0.15, 0.2) is 11.2 Å². The van der Waals surface area contributed by atoms with Crippen molar-refractivity contribution in [3.05, 3.63) is 15.5 Å². The van der Waals surface area contributed by atoms with Crippen molar-refractivity contribution < 1.29 is 4.74 Å². The van der Waals surface area contributed by atoms with Gasteiger partial charge in [0.05, 0.1) is 6.20 Å². The van der Waals surface area contributed by atoms with Crippen LogP contribution in [0.4, 0.5) is 0 Å². The van der Waals surface area contributed by atoms with Gasteiger partial charge in [-0.2, -0.15) is 0 Å². The van der Waals surface area contributed by atoms with Crippen LogP contribution in [0, 0.1) is 0 Å². The highest BCUT2D eigenvalue weighted by atomic mass is 35.5. The number of halogens is 1. The van der Waals surface area contributed by atoms with E-state index in [2.05, 4.69) is 9.98 Å². The Morgan fingerprint density at radius 3 is 3.08 bits per heavy atom. The van der Waals surface area contributed by atoms with Gasteiger partial charge in [-0.3, -0.25) is 0 Å². The monoisotopic (exact) mass is 203 g/mol. The van der Waals surface area contributed by atoms with Gasteiger partial charge in [0.2, 0.25) is 0 Å². The normalized spacial score (nSPS) is 22.1. The fourth-order valence-corrected chi connectivity index (χ4v) is 1.89. The van der Waals surface area contributed by atoms with Gasteiger partial charge in [0.25, 0.3) is 6.02 Å². The minimum atomic E-state index is -0.0671. The number of rotatable bonds is 1. The summed E-state index contributed by atoms with van der Waals surface area (Å²) in [7, 11) is 0. The second-order valence-electron chi connectivity index (χ2n) is 2.30. The number of aromatic nitrogens is 1. The highest BCUT2D eigenvalue weighted by molar-refractivity contribution is 7.15. The predicted octanol–water partition coefficient (Wildman–Crippen LogP) is 1.18. The maximum absolute atomic E-state index is 5.71. The topological polar surface area (TPSA) is 60.5 Å². The summed E-state index contributed by atoms with van der Waals surface area (Å²) in [5.41, 5.74) is 5.34. The van der Waals surface area contributed by atoms with Crippen LogP contribution in [0.2, 0.25) is 4.34 Å². The van der Waals surface area contributed by atoms with E-state index >= 15 is 0 Å². The lowest BCUT2D eigenvalue weighted by molar-refractivity contribution is 0.315. The van der Waals surface area contributed by atoms with E-state index in [0.717, 1.165) is 5.01 Å². The molecule has 0 spiro atoms. The first-order valence-corrected chi connectivity index (χ1v) is 4.52. The van der Waals surface area contributed by atoms with Crippen molar-refractivity contribution in [2.75, 3.05) is 6.61 Å². The van der Waals surface area contributed by atoms with Gasteiger partial charge in [-0.05, 0) is 0 Å². The van der Waals surface area contributed by atoms with Crippen LogP contribution in [0.5, 0.6) is 0 Å². The highest BCUT2D eigenvalue weighted by Crippen LogP contribution is 2.28. The smallest absolute Gasteiger partial charge is 0.282 e. The number of hydrogen-bond donors (Lipinski definition) is 1. The Morgan fingerprint density at radius 2 is 2.58 bits per heavy atom. The van der Waals surface area contributed by atoms with Gasteiger partial charge < -0.3 is 10.5 Å². The van der Waals surface area contributed by atoms with E-state index in [1.54, 1.807) is 6.20 Å². The molecule has 0 fully saturated rings. The summed E-state index contributed by atoms with van der Waals surface area (Å²) < 4.78 is 5.64. The molecule has 64 valence electrons. The van der Waals surface area contributed by atoms with Gasteiger partial charge >= 0.3 is 0 Å². The molecule has 6 heteroatoms. The summed E-state index contributed by atoms with van der Waals surface area (Å²) in [6, 6.07) is 0.161. The molecule has 4 nitrogen and oxygen atoms in total. The minimum absolute atomic E-state index is 0.0671. The average Bonchev–Trinajstić information content (AvgIpc) is 2.58. The van der Waals surface area contributed by atoms with Crippen LogP contribution in [0.25, 0.3) is 0 Å². The molecular weight excluding hydrogens is 198 g/mol. The summed E-state index contributed by atoms with van der Waals surface area (Å²) in [4.78, 5) is 8.11. The van der Waals surface area contributed by atoms with Crippen molar-refractivity contribution >= 4 is 29.0 Å². The molecule has 1 aliphatic rings. The number of nitrogens with two attached hydrogens (primary N) is 1. The first-order valence-electron chi connectivity index (χ1n) is 3.33. The molecule has 0 aromatic carbocycles. The van der Waals surface area contributed by atoms with E-state index in [9.17, 15) is 0 Å². The zero-order valence-electron chi connectivity index (χ0n) is 6.03. The second kappa shape index (κ2) is 2.91. The third-order valence-corrected chi connectivity index (χ3v) is 2.67. The van der Waals surface area contributed by atoms with Gasteiger partial charge in [-0.1, -0.05) is 11.6 Å². The molecule has 12 heavy (non-hydrogen) atoms. The average molecular weight is 204 g/mol. The summed E-state index contributed by atoms with van der Waals surface area (Å²) in [5, 5.41) is 0.848. The number of aliphatic imine (C=N–C) groups is 1. The van der Waals surface area contributed by atoms with Gasteiger partial charge in [0.1, 0.15) is 22.0 Å². The Hall–Kier alpha value is -0.810. The van der Waals surface area contributed by atoms with E-state index in [4.69, 9.17) is 22.1 Å². The molecule has 1 aromatic heterocycles. The summed E-state index contributed by atoms with van der Waals surface area (Å²) >= 11 is 7.11.